The lowest BCUT2D eigenvalue weighted by molar-refractivity contribution is -0.137. The standard InChI is InChI=1S/C19H27N5O/c1-15(2)22-8-5-16(6-9-22)19(25)24-12-10-23(11-13-24)18-17(14-20)4-3-7-21-18/h3-4,7,15-16H,5-6,8-13H2,1-2H3. The van der Waals surface area contributed by atoms with Crippen molar-refractivity contribution in [3.8, 4) is 6.07 Å². The lowest BCUT2D eigenvalue weighted by Gasteiger charge is -2.39. The van der Waals surface area contributed by atoms with Crippen molar-refractivity contribution < 1.29 is 4.79 Å². The monoisotopic (exact) mass is 341 g/mol. The van der Waals surface area contributed by atoms with E-state index in [9.17, 15) is 10.1 Å². The van der Waals surface area contributed by atoms with E-state index in [0.717, 1.165) is 44.8 Å². The Balaban J connectivity index is 1.54. The first-order valence-corrected chi connectivity index (χ1v) is 9.23. The quantitative estimate of drug-likeness (QED) is 0.838. The van der Waals surface area contributed by atoms with Crippen LogP contribution in [0.2, 0.25) is 0 Å². The minimum atomic E-state index is 0.172. The van der Waals surface area contributed by atoms with Gasteiger partial charge in [-0.15, -0.1) is 0 Å². The third-order valence-corrected chi connectivity index (χ3v) is 5.41. The number of anilines is 1. The van der Waals surface area contributed by atoms with Crippen molar-refractivity contribution >= 4 is 11.7 Å². The molecule has 2 fully saturated rings. The number of carbonyl (C=O) groups excluding carboxylic acids is 1. The molecule has 0 spiro atoms. The van der Waals surface area contributed by atoms with Gasteiger partial charge in [-0.1, -0.05) is 0 Å². The number of carbonyl (C=O) groups is 1. The summed E-state index contributed by atoms with van der Waals surface area (Å²) in [5, 5.41) is 9.23. The average molecular weight is 341 g/mol. The highest BCUT2D eigenvalue weighted by Crippen LogP contribution is 2.23. The highest BCUT2D eigenvalue weighted by Gasteiger charge is 2.31. The molecule has 0 saturated carbocycles. The normalized spacial score (nSPS) is 19.9. The highest BCUT2D eigenvalue weighted by atomic mass is 16.2. The predicted molar refractivity (Wildman–Crippen MR) is 97.2 cm³/mol. The van der Waals surface area contributed by atoms with Gasteiger partial charge in [-0.3, -0.25) is 4.79 Å². The Morgan fingerprint density at radius 3 is 2.48 bits per heavy atom. The highest BCUT2D eigenvalue weighted by molar-refractivity contribution is 5.79. The second-order valence-electron chi connectivity index (χ2n) is 7.20. The van der Waals surface area contributed by atoms with Crippen LogP contribution < -0.4 is 4.90 Å². The number of piperazine rings is 1. The van der Waals surface area contributed by atoms with Gasteiger partial charge in [0.05, 0.1) is 5.56 Å². The van der Waals surface area contributed by atoms with Crippen LogP contribution in [0.4, 0.5) is 5.82 Å². The van der Waals surface area contributed by atoms with Crippen LogP contribution in [0.5, 0.6) is 0 Å². The minimum absolute atomic E-state index is 0.172. The number of nitrogens with zero attached hydrogens (tertiary/aromatic N) is 5. The Hall–Kier alpha value is -2.13. The van der Waals surface area contributed by atoms with Crippen molar-refractivity contribution in [2.24, 2.45) is 5.92 Å². The third-order valence-electron chi connectivity index (χ3n) is 5.41. The fraction of sp³-hybridized carbons (Fsp3) is 0.632. The summed E-state index contributed by atoms with van der Waals surface area (Å²) in [5.41, 5.74) is 0.600. The molecule has 1 amide bonds. The van der Waals surface area contributed by atoms with Crippen LogP contribution in [0.25, 0.3) is 0 Å². The molecular formula is C19H27N5O. The van der Waals surface area contributed by atoms with Gasteiger partial charge in [0.1, 0.15) is 11.9 Å². The molecule has 3 rings (SSSR count). The van der Waals surface area contributed by atoms with Crippen molar-refractivity contribution in [2.45, 2.75) is 32.7 Å². The molecule has 134 valence electrons. The molecule has 6 heteroatoms. The number of pyridine rings is 1. The van der Waals surface area contributed by atoms with E-state index in [1.54, 1.807) is 18.3 Å². The molecule has 3 heterocycles. The van der Waals surface area contributed by atoms with Crippen LogP contribution in [0.3, 0.4) is 0 Å². The fourth-order valence-electron chi connectivity index (χ4n) is 3.80. The summed E-state index contributed by atoms with van der Waals surface area (Å²) in [6.45, 7) is 9.38. The Kier molecular flexibility index (Phi) is 5.54. The Labute approximate surface area is 150 Å². The number of hydrogen-bond acceptors (Lipinski definition) is 5. The second-order valence-corrected chi connectivity index (χ2v) is 7.20. The van der Waals surface area contributed by atoms with Gasteiger partial charge in [0.2, 0.25) is 5.91 Å². The maximum atomic E-state index is 12.8. The van der Waals surface area contributed by atoms with E-state index in [1.165, 1.54) is 0 Å². The molecule has 0 aliphatic carbocycles. The molecule has 0 bridgehead atoms. The molecule has 0 unspecified atom stereocenters. The Morgan fingerprint density at radius 2 is 1.88 bits per heavy atom. The van der Waals surface area contributed by atoms with Crippen LogP contribution in [-0.2, 0) is 4.79 Å². The van der Waals surface area contributed by atoms with Crippen molar-refractivity contribution in [1.29, 1.82) is 5.26 Å². The van der Waals surface area contributed by atoms with E-state index in [4.69, 9.17) is 0 Å². The summed E-state index contributed by atoms with van der Waals surface area (Å²) < 4.78 is 0. The summed E-state index contributed by atoms with van der Waals surface area (Å²) in [7, 11) is 0. The fourth-order valence-corrected chi connectivity index (χ4v) is 3.80. The summed E-state index contributed by atoms with van der Waals surface area (Å²) in [6, 6.07) is 6.34. The first-order valence-electron chi connectivity index (χ1n) is 9.23. The van der Waals surface area contributed by atoms with Crippen LogP contribution >= 0.6 is 0 Å². The molecule has 1 aromatic rings. The predicted octanol–water partition coefficient (Wildman–Crippen LogP) is 1.72. The van der Waals surface area contributed by atoms with Crippen LogP contribution in [0.15, 0.2) is 18.3 Å². The Morgan fingerprint density at radius 1 is 1.20 bits per heavy atom. The molecule has 1 aromatic heterocycles. The molecule has 6 nitrogen and oxygen atoms in total. The molecule has 0 aromatic carbocycles. The van der Waals surface area contributed by atoms with E-state index < -0.39 is 0 Å². The number of amides is 1. The first-order chi connectivity index (χ1) is 12.1. The van der Waals surface area contributed by atoms with Gasteiger partial charge in [-0.25, -0.2) is 4.98 Å². The van der Waals surface area contributed by atoms with Crippen molar-refractivity contribution in [1.82, 2.24) is 14.8 Å². The van der Waals surface area contributed by atoms with E-state index in [2.05, 4.69) is 34.7 Å². The molecule has 2 aliphatic heterocycles. The smallest absolute Gasteiger partial charge is 0.225 e. The van der Waals surface area contributed by atoms with Gasteiger partial charge in [0.15, 0.2) is 0 Å². The number of nitriles is 1. The van der Waals surface area contributed by atoms with E-state index in [-0.39, 0.29) is 5.92 Å². The lowest BCUT2D eigenvalue weighted by atomic mass is 9.94. The van der Waals surface area contributed by atoms with E-state index in [1.807, 2.05) is 4.90 Å². The average Bonchev–Trinajstić information content (AvgIpc) is 2.67. The second kappa shape index (κ2) is 7.83. The number of likely N-dealkylation sites (tertiary alicyclic amines) is 1. The number of piperidine rings is 1. The number of aromatic nitrogens is 1. The topological polar surface area (TPSA) is 63.5 Å². The minimum Gasteiger partial charge on any atom is -0.352 e. The van der Waals surface area contributed by atoms with Gasteiger partial charge >= 0.3 is 0 Å². The molecular weight excluding hydrogens is 314 g/mol. The third kappa shape index (κ3) is 3.93. The molecule has 0 atom stereocenters. The van der Waals surface area contributed by atoms with Crippen molar-refractivity contribution in [3.63, 3.8) is 0 Å². The number of rotatable bonds is 3. The van der Waals surface area contributed by atoms with E-state index >= 15 is 0 Å². The number of hydrogen-bond donors (Lipinski definition) is 0. The summed E-state index contributed by atoms with van der Waals surface area (Å²) >= 11 is 0. The van der Waals surface area contributed by atoms with E-state index in [0.29, 0.717) is 30.6 Å². The first kappa shape index (κ1) is 17.7. The summed E-state index contributed by atoms with van der Waals surface area (Å²) in [4.78, 5) is 23.7. The summed E-state index contributed by atoms with van der Waals surface area (Å²) in [5.74, 6) is 1.22. The maximum Gasteiger partial charge on any atom is 0.225 e. The van der Waals surface area contributed by atoms with Crippen LogP contribution in [0, 0.1) is 17.2 Å². The van der Waals surface area contributed by atoms with Crippen molar-refractivity contribution in [2.75, 3.05) is 44.2 Å². The maximum absolute atomic E-state index is 12.8. The van der Waals surface area contributed by atoms with Crippen LogP contribution in [0.1, 0.15) is 32.3 Å². The molecule has 2 aliphatic rings. The van der Waals surface area contributed by atoms with Gasteiger partial charge in [0.25, 0.3) is 0 Å². The lowest BCUT2D eigenvalue weighted by Crippen LogP contribution is -2.52. The molecule has 2 saturated heterocycles. The Bertz CT molecular complexity index is 637. The zero-order valence-electron chi connectivity index (χ0n) is 15.2. The molecule has 0 N–H and O–H groups in total. The molecule has 0 radical (unpaired) electrons. The van der Waals surface area contributed by atoms with Crippen LogP contribution in [-0.4, -0.2) is 66.0 Å². The van der Waals surface area contributed by atoms with Gasteiger partial charge in [-0.2, -0.15) is 5.26 Å². The molecule has 25 heavy (non-hydrogen) atoms. The van der Waals surface area contributed by atoms with Gasteiger partial charge < -0.3 is 14.7 Å². The van der Waals surface area contributed by atoms with Gasteiger partial charge in [-0.05, 0) is 51.9 Å². The SMILES string of the molecule is CC(C)N1CCC(C(=O)N2CCN(c3ncccc3C#N)CC2)CC1. The zero-order valence-corrected chi connectivity index (χ0v) is 15.2. The largest absolute Gasteiger partial charge is 0.352 e. The zero-order chi connectivity index (χ0) is 17.8. The summed E-state index contributed by atoms with van der Waals surface area (Å²) in [6.07, 6.45) is 3.66. The van der Waals surface area contributed by atoms with Gasteiger partial charge in [0, 0.05) is 44.3 Å². The van der Waals surface area contributed by atoms with Crippen molar-refractivity contribution in [3.05, 3.63) is 23.9 Å².